The highest BCUT2D eigenvalue weighted by Gasteiger charge is 2.13. The van der Waals surface area contributed by atoms with Gasteiger partial charge in [0.2, 0.25) is 0 Å². The van der Waals surface area contributed by atoms with Gasteiger partial charge in [-0.1, -0.05) is 6.07 Å². The maximum Gasteiger partial charge on any atom is 0.273 e. The van der Waals surface area contributed by atoms with E-state index in [1.165, 1.54) is 0 Å². The van der Waals surface area contributed by atoms with E-state index in [2.05, 4.69) is 25.5 Å². The smallest absolute Gasteiger partial charge is 0.273 e. The Bertz CT molecular complexity index is 832. The molecule has 0 aliphatic carbocycles. The van der Waals surface area contributed by atoms with E-state index in [-0.39, 0.29) is 11.9 Å². The van der Waals surface area contributed by atoms with Crippen LogP contribution in [0.2, 0.25) is 0 Å². The van der Waals surface area contributed by atoms with E-state index in [4.69, 9.17) is 0 Å². The molecule has 0 atom stereocenters. The lowest BCUT2D eigenvalue weighted by Crippen LogP contribution is -2.13. The first-order chi connectivity index (χ1) is 11.0. The minimum Gasteiger partial charge on any atom is -0.355 e. The molecule has 0 saturated heterocycles. The molecule has 3 aromatic heterocycles. The molecule has 0 bridgehead atoms. The maximum absolute atomic E-state index is 12.2. The average molecular weight is 310 g/mol. The first-order valence-electron chi connectivity index (χ1n) is 7.38. The number of aromatic amines is 1. The second-order valence-corrected chi connectivity index (χ2v) is 5.57. The average Bonchev–Trinajstić information content (AvgIpc) is 3.16. The van der Waals surface area contributed by atoms with Gasteiger partial charge in [0.1, 0.15) is 23.5 Å². The molecule has 7 nitrogen and oxygen atoms in total. The largest absolute Gasteiger partial charge is 0.355 e. The van der Waals surface area contributed by atoms with Crippen LogP contribution < -0.4 is 5.32 Å². The summed E-state index contributed by atoms with van der Waals surface area (Å²) in [5.41, 5.74) is 2.10. The van der Waals surface area contributed by atoms with E-state index in [0.717, 1.165) is 5.69 Å². The monoisotopic (exact) mass is 310 g/mol. The number of H-pyrrole nitrogens is 1. The highest BCUT2D eigenvalue weighted by molar-refractivity contribution is 6.02. The van der Waals surface area contributed by atoms with Crippen molar-refractivity contribution in [3.63, 3.8) is 0 Å². The third-order valence-electron chi connectivity index (χ3n) is 3.43. The van der Waals surface area contributed by atoms with E-state index in [0.29, 0.717) is 23.0 Å². The number of amides is 1. The summed E-state index contributed by atoms with van der Waals surface area (Å²) in [6, 6.07) is 9.23. The minimum atomic E-state index is -0.229. The third-order valence-corrected chi connectivity index (χ3v) is 3.43. The lowest BCUT2D eigenvalue weighted by Gasteiger charge is -2.10. The molecular weight excluding hydrogens is 292 g/mol. The topological polar surface area (TPSA) is 88.5 Å². The van der Waals surface area contributed by atoms with E-state index in [9.17, 15) is 4.79 Å². The van der Waals surface area contributed by atoms with E-state index in [1.807, 2.05) is 43.5 Å². The molecule has 2 N–H and O–H groups in total. The van der Waals surface area contributed by atoms with Crippen molar-refractivity contribution < 1.29 is 4.79 Å². The Balaban J connectivity index is 1.85. The number of nitrogens with one attached hydrogen (secondary N) is 2. The Labute approximate surface area is 133 Å². The molecule has 1 amide bonds. The third kappa shape index (κ3) is 3.13. The zero-order chi connectivity index (χ0) is 16.4. The fraction of sp³-hybridized carbons (Fsp3) is 0.250. The molecule has 0 fully saturated rings. The molecule has 3 heterocycles. The number of carbonyl (C=O) groups excluding carboxylic acids is 1. The van der Waals surface area contributed by atoms with Gasteiger partial charge in [-0.2, -0.15) is 0 Å². The zero-order valence-corrected chi connectivity index (χ0v) is 13.2. The Morgan fingerprint density at radius 1 is 1.26 bits per heavy atom. The number of pyridine rings is 1. The Kier molecular flexibility index (Phi) is 3.92. The molecule has 0 spiro atoms. The molecule has 23 heavy (non-hydrogen) atoms. The van der Waals surface area contributed by atoms with Gasteiger partial charge < -0.3 is 14.9 Å². The number of rotatable bonds is 4. The summed E-state index contributed by atoms with van der Waals surface area (Å²) in [6.45, 7) is 5.99. The molecule has 3 rings (SSSR count). The molecule has 0 radical (unpaired) electrons. The van der Waals surface area contributed by atoms with Gasteiger partial charge in [-0.3, -0.25) is 4.79 Å². The normalized spacial score (nSPS) is 11.0. The molecule has 7 heteroatoms. The molecule has 3 aromatic rings. The van der Waals surface area contributed by atoms with Crippen LogP contribution in [-0.4, -0.2) is 30.6 Å². The predicted molar refractivity (Wildman–Crippen MR) is 87.1 cm³/mol. The molecule has 0 saturated carbocycles. The molecule has 0 aliphatic rings. The van der Waals surface area contributed by atoms with Crippen LogP contribution in [0.1, 0.15) is 36.1 Å². The number of hydrogen-bond donors (Lipinski definition) is 2. The second-order valence-electron chi connectivity index (χ2n) is 5.57. The second kappa shape index (κ2) is 6.04. The summed E-state index contributed by atoms with van der Waals surface area (Å²) < 4.78 is 1.93. The van der Waals surface area contributed by atoms with Gasteiger partial charge >= 0.3 is 0 Å². The van der Waals surface area contributed by atoms with Crippen LogP contribution in [0.25, 0.3) is 11.5 Å². The van der Waals surface area contributed by atoms with Gasteiger partial charge in [-0.05, 0) is 45.0 Å². The first kappa shape index (κ1) is 15.0. The zero-order valence-electron chi connectivity index (χ0n) is 13.2. The SMILES string of the molecule is Cc1ccc(C(=O)Nc2cccc(-c3nncn3C(C)C)n2)[nH]1. The van der Waals surface area contributed by atoms with Crippen LogP contribution in [0.3, 0.4) is 0 Å². The Hall–Kier alpha value is -2.96. The Morgan fingerprint density at radius 3 is 2.78 bits per heavy atom. The lowest BCUT2D eigenvalue weighted by atomic mass is 10.3. The molecule has 0 aliphatic heterocycles. The molecule has 0 unspecified atom stereocenters. The van der Waals surface area contributed by atoms with Crippen LogP contribution in [0.5, 0.6) is 0 Å². The number of aromatic nitrogens is 5. The number of hydrogen-bond acceptors (Lipinski definition) is 4. The summed E-state index contributed by atoms with van der Waals surface area (Å²) in [6.07, 6.45) is 1.68. The summed E-state index contributed by atoms with van der Waals surface area (Å²) in [4.78, 5) is 19.6. The van der Waals surface area contributed by atoms with Crippen LogP contribution in [0, 0.1) is 6.92 Å². The van der Waals surface area contributed by atoms with Gasteiger partial charge in [0.05, 0.1) is 0 Å². The predicted octanol–water partition coefficient (Wildman–Crippen LogP) is 2.81. The fourth-order valence-corrected chi connectivity index (χ4v) is 2.25. The number of aryl methyl sites for hydroxylation is 1. The van der Waals surface area contributed by atoms with Gasteiger partial charge in [0, 0.05) is 11.7 Å². The van der Waals surface area contributed by atoms with Crippen molar-refractivity contribution in [3.05, 3.63) is 48.0 Å². The lowest BCUT2D eigenvalue weighted by molar-refractivity contribution is 0.102. The quantitative estimate of drug-likeness (QED) is 0.775. The van der Waals surface area contributed by atoms with Crippen molar-refractivity contribution in [1.82, 2.24) is 24.7 Å². The highest BCUT2D eigenvalue weighted by Crippen LogP contribution is 2.19. The van der Waals surface area contributed by atoms with E-state index < -0.39 is 0 Å². The highest BCUT2D eigenvalue weighted by atomic mass is 16.1. The summed E-state index contributed by atoms with van der Waals surface area (Å²) in [5.74, 6) is 0.915. The van der Waals surface area contributed by atoms with Gasteiger partial charge in [0.25, 0.3) is 5.91 Å². The van der Waals surface area contributed by atoms with Crippen molar-refractivity contribution in [2.45, 2.75) is 26.8 Å². The minimum absolute atomic E-state index is 0.224. The van der Waals surface area contributed by atoms with Crippen molar-refractivity contribution in [2.24, 2.45) is 0 Å². The fourth-order valence-electron chi connectivity index (χ4n) is 2.25. The molecule has 118 valence electrons. The van der Waals surface area contributed by atoms with Crippen molar-refractivity contribution >= 4 is 11.7 Å². The number of anilines is 1. The van der Waals surface area contributed by atoms with Crippen LogP contribution in [0.4, 0.5) is 5.82 Å². The first-order valence-corrected chi connectivity index (χ1v) is 7.38. The van der Waals surface area contributed by atoms with Crippen LogP contribution in [-0.2, 0) is 0 Å². The van der Waals surface area contributed by atoms with Gasteiger partial charge in [0.15, 0.2) is 5.82 Å². The number of carbonyl (C=O) groups is 1. The van der Waals surface area contributed by atoms with E-state index in [1.54, 1.807) is 18.5 Å². The van der Waals surface area contributed by atoms with Gasteiger partial charge in [-0.15, -0.1) is 10.2 Å². The van der Waals surface area contributed by atoms with Crippen LogP contribution >= 0.6 is 0 Å². The van der Waals surface area contributed by atoms with Crippen LogP contribution in [0.15, 0.2) is 36.7 Å². The number of nitrogens with zero attached hydrogens (tertiary/aromatic N) is 4. The molecule has 0 aromatic carbocycles. The van der Waals surface area contributed by atoms with Crippen molar-refractivity contribution in [3.8, 4) is 11.5 Å². The standard InChI is InChI=1S/C16H18N6O/c1-10(2)22-9-17-21-15(22)12-5-4-6-14(19-12)20-16(23)13-8-7-11(3)18-13/h4-10,18H,1-3H3,(H,19,20,23). The maximum atomic E-state index is 12.2. The van der Waals surface area contributed by atoms with E-state index >= 15 is 0 Å². The molecular formula is C16H18N6O. The van der Waals surface area contributed by atoms with Crippen molar-refractivity contribution in [2.75, 3.05) is 5.32 Å². The Morgan fingerprint density at radius 2 is 2.09 bits per heavy atom. The summed E-state index contributed by atoms with van der Waals surface area (Å²) in [7, 11) is 0. The summed E-state index contributed by atoms with van der Waals surface area (Å²) >= 11 is 0. The van der Waals surface area contributed by atoms with Crippen molar-refractivity contribution in [1.29, 1.82) is 0 Å². The summed E-state index contributed by atoms with van der Waals surface area (Å²) in [5, 5.41) is 10.8. The van der Waals surface area contributed by atoms with Gasteiger partial charge in [-0.25, -0.2) is 4.98 Å².